The summed E-state index contributed by atoms with van der Waals surface area (Å²) in [6.45, 7) is 0.482. The highest BCUT2D eigenvalue weighted by Crippen LogP contribution is 2.38. The second-order valence-corrected chi connectivity index (χ2v) is 5.93. The monoisotopic (exact) mass is 383 g/mol. The van der Waals surface area contributed by atoms with Crippen molar-refractivity contribution < 1.29 is 26.4 Å². The molecule has 0 saturated carbocycles. The summed E-state index contributed by atoms with van der Waals surface area (Å²) >= 11 is 0. The zero-order chi connectivity index (χ0) is 19.6. The van der Waals surface area contributed by atoms with Gasteiger partial charge in [-0.15, -0.1) is 0 Å². The maximum atomic E-state index is 13.7. The Hall–Kier alpha value is -3.24. The summed E-state index contributed by atoms with van der Waals surface area (Å²) < 4.78 is 74.1. The van der Waals surface area contributed by atoms with Crippen LogP contribution in [-0.4, -0.2) is 19.4 Å². The normalized spacial score (nSPS) is 13.0. The number of imidazole rings is 1. The van der Waals surface area contributed by atoms with Crippen molar-refractivity contribution in [1.82, 2.24) is 19.4 Å². The molecule has 140 valence electrons. The molecule has 4 rings (SSSR count). The third-order valence-corrected chi connectivity index (χ3v) is 3.98. The highest BCUT2D eigenvalue weighted by atomic mass is 19.4. The minimum Gasteiger partial charge on any atom is -0.439 e. The van der Waals surface area contributed by atoms with Crippen LogP contribution < -0.4 is 5.73 Å². The van der Waals surface area contributed by atoms with Crippen molar-refractivity contribution in [2.24, 2.45) is 0 Å². The summed E-state index contributed by atoms with van der Waals surface area (Å²) in [6, 6.07) is 2.82. The molecule has 2 N–H and O–H groups in total. The second-order valence-electron chi connectivity index (χ2n) is 5.93. The number of aromatic nitrogens is 4. The number of alkyl halides is 5. The quantitative estimate of drug-likeness (QED) is 0.524. The molecule has 0 fully saturated rings. The van der Waals surface area contributed by atoms with E-state index in [1.807, 2.05) is 0 Å². The molecule has 0 aromatic carbocycles. The molecule has 11 heteroatoms. The maximum absolute atomic E-state index is 13.7. The van der Waals surface area contributed by atoms with Gasteiger partial charge in [0.1, 0.15) is 22.7 Å². The Morgan fingerprint density at radius 2 is 1.85 bits per heavy atom. The Bertz CT molecular complexity index is 1170. The summed E-state index contributed by atoms with van der Waals surface area (Å²) in [4.78, 5) is 11.7. The van der Waals surface area contributed by atoms with Gasteiger partial charge >= 0.3 is 6.18 Å². The van der Waals surface area contributed by atoms with Crippen LogP contribution in [0.4, 0.5) is 27.8 Å². The number of nitrogen functional groups attached to an aromatic ring is 1. The molecule has 6 nitrogen and oxygen atoms in total. The fourth-order valence-corrected chi connectivity index (χ4v) is 2.74. The molecule has 0 spiro atoms. The van der Waals surface area contributed by atoms with Gasteiger partial charge in [-0.25, -0.2) is 9.97 Å². The summed E-state index contributed by atoms with van der Waals surface area (Å²) in [5.41, 5.74) is 3.51. The van der Waals surface area contributed by atoms with Crippen LogP contribution in [0.5, 0.6) is 0 Å². The Balaban J connectivity index is 2.08. The van der Waals surface area contributed by atoms with Gasteiger partial charge in [-0.1, -0.05) is 0 Å². The maximum Gasteiger partial charge on any atom is 0.417 e. The van der Waals surface area contributed by atoms with Gasteiger partial charge < -0.3 is 10.2 Å². The third-order valence-electron chi connectivity index (χ3n) is 3.98. The zero-order valence-corrected chi connectivity index (χ0v) is 13.6. The van der Waals surface area contributed by atoms with E-state index in [-0.39, 0.29) is 34.0 Å². The van der Waals surface area contributed by atoms with Gasteiger partial charge in [-0.05, 0) is 18.2 Å². The molecule has 4 aromatic heterocycles. The van der Waals surface area contributed by atoms with E-state index < -0.39 is 23.4 Å². The van der Waals surface area contributed by atoms with Crippen LogP contribution in [-0.2, 0) is 12.1 Å². The molecule has 4 aromatic rings. The van der Waals surface area contributed by atoms with E-state index in [9.17, 15) is 22.0 Å². The SMILES string of the molecule is CC(F)(F)c1cc(C(F)(F)F)c2ccc3nc(-c4ocnc4N)cn3c2n1. The molecule has 0 radical (unpaired) electrons. The molecular formula is C16H10F5N5O. The van der Waals surface area contributed by atoms with Gasteiger partial charge in [0.2, 0.25) is 0 Å². The minimum absolute atomic E-state index is 0.0347. The summed E-state index contributed by atoms with van der Waals surface area (Å²) in [7, 11) is 0. The van der Waals surface area contributed by atoms with Gasteiger partial charge in [0.15, 0.2) is 18.0 Å². The van der Waals surface area contributed by atoms with Crippen molar-refractivity contribution in [2.45, 2.75) is 19.0 Å². The number of rotatable bonds is 2. The molecular weight excluding hydrogens is 373 g/mol. The number of halogens is 5. The first-order chi connectivity index (χ1) is 12.6. The zero-order valence-electron chi connectivity index (χ0n) is 13.6. The first-order valence-electron chi connectivity index (χ1n) is 7.53. The van der Waals surface area contributed by atoms with E-state index in [0.717, 1.165) is 12.5 Å². The number of hydrogen-bond acceptors (Lipinski definition) is 5. The van der Waals surface area contributed by atoms with Crippen LogP contribution in [0.15, 0.2) is 35.2 Å². The van der Waals surface area contributed by atoms with Crippen molar-refractivity contribution in [2.75, 3.05) is 5.73 Å². The molecule has 0 amide bonds. The smallest absolute Gasteiger partial charge is 0.417 e. The summed E-state index contributed by atoms with van der Waals surface area (Å²) in [6.07, 6.45) is -2.45. The average Bonchev–Trinajstić information content (AvgIpc) is 3.17. The van der Waals surface area contributed by atoms with Crippen molar-refractivity contribution in [3.63, 3.8) is 0 Å². The Labute approximate surface area is 147 Å². The molecule has 0 aliphatic rings. The molecule has 0 aliphatic carbocycles. The van der Waals surface area contributed by atoms with E-state index in [2.05, 4.69) is 15.0 Å². The predicted molar refractivity (Wildman–Crippen MR) is 85.0 cm³/mol. The summed E-state index contributed by atoms with van der Waals surface area (Å²) in [5, 5.41) is -0.336. The fourth-order valence-electron chi connectivity index (χ4n) is 2.74. The highest BCUT2D eigenvalue weighted by molar-refractivity contribution is 5.84. The lowest BCUT2D eigenvalue weighted by molar-refractivity contribution is -0.136. The van der Waals surface area contributed by atoms with E-state index >= 15 is 0 Å². The summed E-state index contributed by atoms with van der Waals surface area (Å²) in [5.74, 6) is -3.41. The van der Waals surface area contributed by atoms with Gasteiger partial charge in [0.05, 0.1) is 5.56 Å². The topological polar surface area (TPSA) is 82.2 Å². The van der Waals surface area contributed by atoms with Crippen LogP contribution >= 0.6 is 0 Å². The molecule has 4 heterocycles. The van der Waals surface area contributed by atoms with Crippen LogP contribution in [0.1, 0.15) is 18.2 Å². The minimum atomic E-state index is -4.84. The van der Waals surface area contributed by atoms with Gasteiger partial charge in [-0.3, -0.25) is 4.40 Å². The number of oxazole rings is 1. The fraction of sp³-hybridized carbons (Fsp3) is 0.188. The van der Waals surface area contributed by atoms with E-state index in [1.165, 1.54) is 16.7 Å². The van der Waals surface area contributed by atoms with Crippen molar-refractivity contribution >= 4 is 22.5 Å². The van der Waals surface area contributed by atoms with Gasteiger partial charge in [0, 0.05) is 18.5 Å². The van der Waals surface area contributed by atoms with Gasteiger partial charge in [0.25, 0.3) is 5.92 Å². The average molecular weight is 383 g/mol. The molecule has 0 atom stereocenters. The van der Waals surface area contributed by atoms with Crippen molar-refractivity contribution in [3.8, 4) is 11.5 Å². The van der Waals surface area contributed by atoms with Crippen molar-refractivity contribution in [3.05, 3.63) is 42.0 Å². The standard InChI is InChI=1S/C16H10F5N5O/c1-15(17,18)10-4-8(16(19,20)21)7-2-3-11-24-9(5-26(11)14(7)25-10)12-13(22)23-6-27-12/h2-6H,22H2,1H3. The molecule has 0 bridgehead atoms. The van der Waals surface area contributed by atoms with Crippen LogP contribution in [0.25, 0.3) is 28.1 Å². The molecule has 0 saturated heterocycles. The van der Waals surface area contributed by atoms with Crippen LogP contribution in [0.3, 0.4) is 0 Å². The Morgan fingerprint density at radius 1 is 1.11 bits per heavy atom. The first-order valence-corrected chi connectivity index (χ1v) is 7.53. The number of anilines is 1. The number of nitrogens with zero attached hydrogens (tertiary/aromatic N) is 4. The Morgan fingerprint density at radius 3 is 2.44 bits per heavy atom. The van der Waals surface area contributed by atoms with E-state index in [1.54, 1.807) is 0 Å². The van der Waals surface area contributed by atoms with E-state index in [0.29, 0.717) is 13.0 Å². The van der Waals surface area contributed by atoms with Crippen molar-refractivity contribution in [1.29, 1.82) is 0 Å². The number of nitrogens with two attached hydrogens (primary N) is 1. The lowest BCUT2D eigenvalue weighted by Crippen LogP contribution is -2.15. The lowest BCUT2D eigenvalue weighted by atomic mass is 10.1. The van der Waals surface area contributed by atoms with Crippen LogP contribution in [0.2, 0.25) is 0 Å². The van der Waals surface area contributed by atoms with Gasteiger partial charge in [-0.2, -0.15) is 26.9 Å². The molecule has 27 heavy (non-hydrogen) atoms. The third kappa shape index (κ3) is 2.75. The molecule has 0 aliphatic heterocycles. The first kappa shape index (κ1) is 17.2. The number of fused-ring (bicyclic) bond motifs is 3. The second kappa shape index (κ2) is 5.38. The largest absolute Gasteiger partial charge is 0.439 e. The predicted octanol–water partition coefficient (Wildman–Crippen LogP) is 4.25. The van der Waals surface area contributed by atoms with Crippen LogP contribution in [0, 0.1) is 0 Å². The Kier molecular flexibility index (Phi) is 3.42. The van der Waals surface area contributed by atoms with E-state index in [4.69, 9.17) is 10.2 Å². The molecule has 0 unspecified atom stereocenters. The number of hydrogen-bond donors (Lipinski definition) is 1. The lowest BCUT2D eigenvalue weighted by Gasteiger charge is -2.16. The number of pyridine rings is 2. The highest BCUT2D eigenvalue weighted by Gasteiger charge is 2.37.